The lowest BCUT2D eigenvalue weighted by Crippen LogP contribution is -2.15. The first-order chi connectivity index (χ1) is 10.2. The minimum absolute atomic E-state index is 0.120. The maximum Gasteiger partial charge on any atom is 0.398 e. The van der Waals surface area contributed by atoms with Gasteiger partial charge in [0.25, 0.3) is 5.56 Å². The molecule has 120 valence electrons. The van der Waals surface area contributed by atoms with Crippen molar-refractivity contribution in [3.8, 4) is 11.6 Å². The lowest BCUT2D eigenvalue weighted by molar-refractivity contribution is -0.105. The quantitative estimate of drug-likeness (QED) is 0.688. The molecule has 22 heavy (non-hydrogen) atoms. The van der Waals surface area contributed by atoms with Crippen LogP contribution in [0.3, 0.4) is 0 Å². The summed E-state index contributed by atoms with van der Waals surface area (Å²) in [5.74, 6) is -1.70. The van der Waals surface area contributed by atoms with Gasteiger partial charge in [-0.2, -0.15) is 13.2 Å². The molecule has 0 aliphatic carbocycles. The molecule has 0 fully saturated rings. The Balaban J connectivity index is 2.43. The molecule has 0 radical (unpaired) electrons. The predicted molar refractivity (Wildman–Crippen MR) is 74.4 cm³/mol. The van der Waals surface area contributed by atoms with Crippen LogP contribution in [0.4, 0.5) is 17.6 Å². The standard InChI is InChI=1S/C13H12F4N2O2S/c1-7-3-8(14)9(4-10(7)22-6-13(15,16)17)19-12(20)5-11(18-19)21-2/h3-5,18H,6H2,1-2H3. The zero-order valence-electron chi connectivity index (χ0n) is 11.6. The van der Waals surface area contributed by atoms with Gasteiger partial charge in [0.2, 0.25) is 5.88 Å². The van der Waals surface area contributed by atoms with Gasteiger partial charge in [-0.25, -0.2) is 9.07 Å². The van der Waals surface area contributed by atoms with E-state index in [1.807, 2.05) is 0 Å². The summed E-state index contributed by atoms with van der Waals surface area (Å²) in [6, 6.07) is 3.41. The Morgan fingerprint density at radius 2 is 2.00 bits per heavy atom. The van der Waals surface area contributed by atoms with Crippen molar-refractivity contribution >= 4 is 11.8 Å². The summed E-state index contributed by atoms with van der Waals surface area (Å²) in [7, 11) is 1.33. The maximum atomic E-state index is 14.0. The molecule has 9 heteroatoms. The van der Waals surface area contributed by atoms with Gasteiger partial charge in [-0.1, -0.05) is 0 Å². The molecular formula is C13H12F4N2O2S. The highest BCUT2D eigenvalue weighted by molar-refractivity contribution is 7.99. The molecule has 0 atom stereocenters. The van der Waals surface area contributed by atoms with Crippen molar-refractivity contribution < 1.29 is 22.3 Å². The van der Waals surface area contributed by atoms with E-state index in [1.54, 1.807) is 0 Å². The largest absolute Gasteiger partial charge is 0.481 e. The van der Waals surface area contributed by atoms with Crippen molar-refractivity contribution in [3.63, 3.8) is 0 Å². The molecule has 1 aromatic heterocycles. The van der Waals surface area contributed by atoms with Crippen LogP contribution >= 0.6 is 11.8 Å². The monoisotopic (exact) mass is 336 g/mol. The summed E-state index contributed by atoms with van der Waals surface area (Å²) in [5.41, 5.74) is -0.378. The second-order valence-corrected chi connectivity index (χ2v) is 5.49. The summed E-state index contributed by atoms with van der Waals surface area (Å²) in [6.07, 6.45) is -4.34. The zero-order valence-corrected chi connectivity index (χ0v) is 12.4. The Morgan fingerprint density at radius 3 is 2.55 bits per heavy atom. The third kappa shape index (κ3) is 3.65. The number of aromatic amines is 1. The van der Waals surface area contributed by atoms with E-state index < -0.39 is 23.3 Å². The molecule has 1 heterocycles. The number of methoxy groups -OCH3 is 1. The molecule has 0 aliphatic heterocycles. The normalized spacial score (nSPS) is 11.7. The fourth-order valence-corrected chi connectivity index (χ4v) is 2.59. The number of hydrogen-bond acceptors (Lipinski definition) is 3. The average molecular weight is 336 g/mol. The first-order valence-corrected chi connectivity index (χ1v) is 7.06. The Morgan fingerprint density at radius 1 is 1.32 bits per heavy atom. The van der Waals surface area contributed by atoms with Crippen LogP contribution in [0.15, 0.2) is 27.9 Å². The molecule has 0 saturated carbocycles. The van der Waals surface area contributed by atoms with Crippen molar-refractivity contribution in [3.05, 3.63) is 39.9 Å². The Hall–Kier alpha value is -1.90. The molecule has 0 aliphatic rings. The molecule has 4 nitrogen and oxygen atoms in total. The van der Waals surface area contributed by atoms with Crippen molar-refractivity contribution in [2.45, 2.75) is 18.0 Å². The van der Waals surface area contributed by atoms with Gasteiger partial charge < -0.3 is 4.74 Å². The van der Waals surface area contributed by atoms with E-state index in [2.05, 4.69) is 5.10 Å². The van der Waals surface area contributed by atoms with E-state index in [1.165, 1.54) is 20.1 Å². The lowest BCUT2D eigenvalue weighted by Gasteiger charge is -2.11. The molecular weight excluding hydrogens is 324 g/mol. The second kappa shape index (κ2) is 6.07. The number of aryl methyl sites for hydroxylation is 1. The number of hydrogen-bond donors (Lipinski definition) is 1. The Labute approximate surface area is 127 Å². The number of nitrogens with one attached hydrogen (secondary N) is 1. The van der Waals surface area contributed by atoms with Crippen LogP contribution in [0.2, 0.25) is 0 Å². The maximum absolute atomic E-state index is 14.0. The number of benzene rings is 1. The van der Waals surface area contributed by atoms with Gasteiger partial charge in [0.05, 0.1) is 18.9 Å². The van der Waals surface area contributed by atoms with E-state index in [4.69, 9.17) is 4.74 Å². The zero-order chi connectivity index (χ0) is 16.5. The minimum atomic E-state index is -4.34. The van der Waals surface area contributed by atoms with Gasteiger partial charge in [0.1, 0.15) is 11.5 Å². The number of rotatable bonds is 4. The van der Waals surface area contributed by atoms with E-state index in [0.29, 0.717) is 17.3 Å². The van der Waals surface area contributed by atoms with Crippen LogP contribution < -0.4 is 10.3 Å². The predicted octanol–water partition coefficient (Wildman–Crippen LogP) is 3.28. The van der Waals surface area contributed by atoms with Crippen LogP contribution in [-0.2, 0) is 0 Å². The highest BCUT2D eigenvalue weighted by Gasteiger charge is 2.28. The Bertz CT molecular complexity index is 737. The first-order valence-electron chi connectivity index (χ1n) is 6.07. The molecule has 0 saturated heterocycles. The van der Waals surface area contributed by atoms with Gasteiger partial charge in [-0.05, 0) is 24.6 Å². The number of halogens is 4. The Kier molecular flexibility index (Phi) is 4.55. The lowest BCUT2D eigenvalue weighted by atomic mass is 10.2. The number of H-pyrrole nitrogens is 1. The van der Waals surface area contributed by atoms with Crippen molar-refractivity contribution in [2.75, 3.05) is 12.9 Å². The van der Waals surface area contributed by atoms with Gasteiger partial charge in [0.15, 0.2) is 0 Å². The molecule has 2 rings (SSSR count). The summed E-state index contributed by atoms with van der Waals surface area (Å²) >= 11 is 0.538. The minimum Gasteiger partial charge on any atom is -0.481 e. The summed E-state index contributed by atoms with van der Waals surface area (Å²) in [5, 5.41) is 2.52. The highest BCUT2D eigenvalue weighted by Crippen LogP contribution is 2.31. The molecule has 1 aromatic carbocycles. The fourth-order valence-electron chi connectivity index (χ4n) is 1.79. The number of alkyl halides is 3. The van der Waals surface area contributed by atoms with Gasteiger partial charge in [-0.15, -0.1) is 11.8 Å². The fraction of sp³-hybridized carbons (Fsp3) is 0.308. The number of ether oxygens (including phenoxy) is 1. The topological polar surface area (TPSA) is 47.0 Å². The van der Waals surface area contributed by atoms with E-state index >= 15 is 0 Å². The SMILES string of the molecule is COc1cc(=O)n(-c2cc(SCC(F)(F)F)c(C)cc2F)[nH]1. The molecule has 1 N–H and O–H groups in total. The molecule has 2 aromatic rings. The number of nitrogens with zero attached hydrogens (tertiary/aromatic N) is 1. The summed E-state index contributed by atoms with van der Waals surface area (Å²) < 4.78 is 56.7. The molecule has 0 amide bonds. The van der Waals surface area contributed by atoms with Crippen LogP contribution in [0.5, 0.6) is 5.88 Å². The van der Waals surface area contributed by atoms with Gasteiger partial charge >= 0.3 is 6.18 Å². The third-order valence-electron chi connectivity index (χ3n) is 2.79. The van der Waals surface area contributed by atoms with Crippen molar-refractivity contribution in [1.29, 1.82) is 0 Å². The van der Waals surface area contributed by atoms with Crippen molar-refractivity contribution in [1.82, 2.24) is 9.78 Å². The summed E-state index contributed by atoms with van der Waals surface area (Å²) in [6.45, 7) is 1.50. The smallest absolute Gasteiger partial charge is 0.398 e. The molecule has 0 bridgehead atoms. The first kappa shape index (κ1) is 16.5. The average Bonchev–Trinajstić information content (AvgIpc) is 2.78. The molecule has 0 spiro atoms. The molecule has 0 unspecified atom stereocenters. The van der Waals surface area contributed by atoms with E-state index in [0.717, 1.165) is 16.8 Å². The second-order valence-electron chi connectivity index (χ2n) is 4.47. The highest BCUT2D eigenvalue weighted by atomic mass is 32.2. The van der Waals surface area contributed by atoms with Crippen LogP contribution in [0, 0.1) is 12.7 Å². The van der Waals surface area contributed by atoms with Gasteiger partial charge in [-0.3, -0.25) is 9.89 Å². The van der Waals surface area contributed by atoms with Gasteiger partial charge in [0, 0.05) is 4.90 Å². The summed E-state index contributed by atoms with van der Waals surface area (Å²) in [4.78, 5) is 12.0. The van der Waals surface area contributed by atoms with Crippen molar-refractivity contribution in [2.24, 2.45) is 0 Å². The van der Waals surface area contributed by atoms with E-state index in [9.17, 15) is 22.4 Å². The van der Waals surface area contributed by atoms with Crippen LogP contribution in [0.25, 0.3) is 5.69 Å². The third-order valence-corrected chi connectivity index (χ3v) is 4.02. The van der Waals surface area contributed by atoms with Crippen LogP contribution in [0.1, 0.15) is 5.56 Å². The number of thioether (sulfide) groups is 1. The number of aromatic nitrogens is 2. The van der Waals surface area contributed by atoms with E-state index in [-0.39, 0.29) is 16.5 Å². The van der Waals surface area contributed by atoms with Crippen LogP contribution in [-0.4, -0.2) is 28.8 Å².